The largest absolute Gasteiger partial charge is 0.481 e. The highest BCUT2D eigenvalue weighted by molar-refractivity contribution is 5.78. The van der Waals surface area contributed by atoms with Gasteiger partial charge in [0.2, 0.25) is 11.8 Å². The zero-order valence-corrected chi connectivity index (χ0v) is 16.4. The molecule has 0 spiro atoms. The summed E-state index contributed by atoms with van der Waals surface area (Å²) in [5, 5.41) is 11.5. The normalized spacial score (nSPS) is 15.9. The van der Waals surface area contributed by atoms with Crippen molar-refractivity contribution in [3.63, 3.8) is 0 Å². The SMILES string of the molecule is COc1ncccc1-c1nnn2c1COC[C@@H](CNC(=O)Cc1ccc(F)cn1)C2. The van der Waals surface area contributed by atoms with Gasteiger partial charge in [-0.05, 0) is 24.3 Å². The maximum Gasteiger partial charge on any atom is 0.226 e. The number of rotatable bonds is 6. The van der Waals surface area contributed by atoms with Crippen LogP contribution in [0.3, 0.4) is 0 Å². The predicted octanol–water partition coefficient (Wildman–Crippen LogP) is 1.39. The summed E-state index contributed by atoms with van der Waals surface area (Å²) in [5.41, 5.74) is 2.78. The lowest BCUT2D eigenvalue weighted by molar-refractivity contribution is -0.120. The Hall–Kier alpha value is -3.40. The Morgan fingerprint density at radius 2 is 2.27 bits per heavy atom. The third-order valence-corrected chi connectivity index (χ3v) is 4.80. The minimum Gasteiger partial charge on any atom is -0.481 e. The molecule has 0 bridgehead atoms. The van der Waals surface area contributed by atoms with Crippen molar-refractivity contribution in [1.82, 2.24) is 30.3 Å². The molecule has 156 valence electrons. The van der Waals surface area contributed by atoms with Crippen LogP contribution < -0.4 is 10.1 Å². The van der Waals surface area contributed by atoms with Gasteiger partial charge in [-0.3, -0.25) is 9.78 Å². The highest BCUT2D eigenvalue weighted by Crippen LogP contribution is 2.30. The molecule has 0 saturated carbocycles. The minimum absolute atomic E-state index is 0.0294. The standard InChI is InChI=1S/C20H21FN6O3/c1-29-20-16(3-2-6-22-20)19-17-12-30-11-13(10-27(17)26-25-19)8-24-18(28)7-15-5-4-14(21)9-23-15/h2-6,9,13H,7-8,10-12H2,1H3,(H,24,28)/t13-/m0/s1. The van der Waals surface area contributed by atoms with E-state index in [1.165, 1.54) is 12.1 Å². The summed E-state index contributed by atoms with van der Waals surface area (Å²) in [6, 6.07) is 6.48. The van der Waals surface area contributed by atoms with Crippen molar-refractivity contribution in [1.29, 1.82) is 0 Å². The molecule has 4 rings (SSSR count). The van der Waals surface area contributed by atoms with Crippen molar-refractivity contribution in [2.75, 3.05) is 20.3 Å². The Balaban J connectivity index is 1.40. The van der Waals surface area contributed by atoms with Crippen molar-refractivity contribution in [3.05, 3.63) is 53.9 Å². The zero-order valence-electron chi connectivity index (χ0n) is 16.4. The quantitative estimate of drug-likeness (QED) is 0.652. The third-order valence-electron chi connectivity index (χ3n) is 4.80. The summed E-state index contributed by atoms with van der Waals surface area (Å²) in [7, 11) is 1.56. The predicted molar refractivity (Wildman–Crippen MR) is 104 cm³/mol. The molecule has 3 aromatic rings. The molecular weight excluding hydrogens is 391 g/mol. The summed E-state index contributed by atoms with van der Waals surface area (Å²) < 4.78 is 25.9. The van der Waals surface area contributed by atoms with Crippen molar-refractivity contribution >= 4 is 5.91 Å². The second-order valence-electron chi connectivity index (χ2n) is 6.96. The minimum atomic E-state index is -0.429. The summed E-state index contributed by atoms with van der Waals surface area (Å²) in [6.45, 7) is 1.80. The molecule has 30 heavy (non-hydrogen) atoms. The molecule has 1 atom stereocenters. The van der Waals surface area contributed by atoms with E-state index in [4.69, 9.17) is 9.47 Å². The lowest BCUT2D eigenvalue weighted by atomic mass is 10.1. The van der Waals surface area contributed by atoms with E-state index in [9.17, 15) is 9.18 Å². The van der Waals surface area contributed by atoms with Crippen molar-refractivity contribution in [2.24, 2.45) is 5.92 Å². The van der Waals surface area contributed by atoms with Crippen molar-refractivity contribution in [3.8, 4) is 17.1 Å². The molecule has 9 nitrogen and oxygen atoms in total. The van der Waals surface area contributed by atoms with Crippen LogP contribution in [-0.4, -0.2) is 51.1 Å². The highest BCUT2D eigenvalue weighted by atomic mass is 19.1. The zero-order chi connectivity index (χ0) is 20.9. The van der Waals surface area contributed by atoms with E-state index in [-0.39, 0.29) is 18.2 Å². The number of methoxy groups -OCH3 is 1. The average molecular weight is 412 g/mol. The van der Waals surface area contributed by atoms with E-state index in [1.54, 1.807) is 18.0 Å². The number of ether oxygens (including phenoxy) is 2. The number of carbonyl (C=O) groups excluding carboxylic acids is 1. The Kier molecular flexibility index (Phi) is 5.94. The molecule has 0 fully saturated rings. The maximum atomic E-state index is 12.9. The number of fused-ring (bicyclic) bond motifs is 1. The summed E-state index contributed by atoms with van der Waals surface area (Å²) in [4.78, 5) is 20.3. The van der Waals surface area contributed by atoms with Crippen molar-refractivity contribution < 1.29 is 18.7 Å². The van der Waals surface area contributed by atoms with Crippen LogP contribution in [-0.2, 0) is 29.1 Å². The number of pyridine rings is 2. The van der Waals surface area contributed by atoms with Gasteiger partial charge in [0.15, 0.2) is 0 Å². The highest BCUT2D eigenvalue weighted by Gasteiger charge is 2.24. The monoisotopic (exact) mass is 412 g/mol. The fourth-order valence-corrected chi connectivity index (χ4v) is 3.30. The van der Waals surface area contributed by atoms with E-state index in [0.717, 1.165) is 17.5 Å². The second kappa shape index (κ2) is 8.95. The van der Waals surface area contributed by atoms with Crippen LogP contribution >= 0.6 is 0 Å². The Morgan fingerprint density at radius 1 is 1.37 bits per heavy atom. The van der Waals surface area contributed by atoms with Gasteiger partial charge >= 0.3 is 0 Å². The topological polar surface area (TPSA) is 104 Å². The lowest BCUT2D eigenvalue weighted by Gasteiger charge is -2.14. The molecule has 4 heterocycles. The number of hydrogen-bond donors (Lipinski definition) is 1. The van der Waals surface area contributed by atoms with Gasteiger partial charge in [-0.1, -0.05) is 5.21 Å². The van der Waals surface area contributed by atoms with Crippen LogP contribution in [0.5, 0.6) is 5.88 Å². The Labute approximate surface area is 172 Å². The van der Waals surface area contributed by atoms with Crippen LogP contribution in [0.4, 0.5) is 4.39 Å². The van der Waals surface area contributed by atoms with Gasteiger partial charge in [-0.2, -0.15) is 0 Å². The first kappa shape index (κ1) is 19.9. The molecule has 0 unspecified atom stereocenters. The maximum absolute atomic E-state index is 12.9. The second-order valence-corrected chi connectivity index (χ2v) is 6.96. The van der Waals surface area contributed by atoms with Gasteiger partial charge in [0.05, 0.1) is 44.2 Å². The van der Waals surface area contributed by atoms with E-state index in [0.29, 0.717) is 43.6 Å². The molecule has 0 aliphatic carbocycles. The molecule has 0 aromatic carbocycles. The van der Waals surface area contributed by atoms with Crippen LogP contribution in [0.1, 0.15) is 11.4 Å². The van der Waals surface area contributed by atoms with Gasteiger partial charge in [0.25, 0.3) is 0 Å². The number of nitrogens with zero attached hydrogens (tertiary/aromatic N) is 5. The summed E-state index contributed by atoms with van der Waals surface area (Å²) >= 11 is 0. The number of amides is 1. The number of carbonyl (C=O) groups is 1. The fourth-order valence-electron chi connectivity index (χ4n) is 3.30. The van der Waals surface area contributed by atoms with Gasteiger partial charge in [0.1, 0.15) is 11.5 Å². The molecule has 3 aromatic heterocycles. The molecular formula is C20H21FN6O3. The van der Waals surface area contributed by atoms with Gasteiger partial charge < -0.3 is 14.8 Å². The number of halogens is 1. The molecule has 0 radical (unpaired) electrons. The fraction of sp³-hybridized carbons (Fsp3) is 0.350. The van der Waals surface area contributed by atoms with E-state index in [1.807, 2.05) is 12.1 Å². The first-order chi connectivity index (χ1) is 14.6. The number of nitrogens with one attached hydrogen (secondary N) is 1. The van der Waals surface area contributed by atoms with Crippen LogP contribution in [0.2, 0.25) is 0 Å². The Morgan fingerprint density at radius 3 is 3.07 bits per heavy atom. The van der Waals surface area contributed by atoms with Crippen LogP contribution in [0.15, 0.2) is 36.7 Å². The molecule has 1 aliphatic heterocycles. The first-order valence-corrected chi connectivity index (χ1v) is 9.50. The molecule has 1 amide bonds. The van der Waals surface area contributed by atoms with Crippen molar-refractivity contribution in [2.45, 2.75) is 19.6 Å². The van der Waals surface area contributed by atoms with Gasteiger partial charge in [-0.25, -0.2) is 14.1 Å². The third kappa shape index (κ3) is 4.43. The molecule has 1 aliphatic rings. The van der Waals surface area contributed by atoms with E-state index < -0.39 is 5.82 Å². The Bertz CT molecular complexity index is 1020. The lowest BCUT2D eigenvalue weighted by Crippen LogP contribution is -2.34. The van der Waals surface area contributed by atoms with Gasteiger partial charge in [-0.15, -0.1) is 5.10 Å². The molecule has 1 N–H and O–H groups in total. The average Bonchev–Trinajstić information content (AvgIpc) is 3.04. The first-order valence-electron chi connectivity index (χ1n) is 9.50. The number of aromatic nitrogens is 5. The van der Waals surface area contributed by atoms with E-state index >= 15 is 0 Å². The summed E-state index contributed by atoms with van der Waals surface area (Å²) in [5.74, 6) is -0.107. The molecule has 10 heteroatoms. The smallest absolute Gasteiger partial charge is 0.226 e. The van der Waals surface area contributed by atoms with Crippen LogP contribution in [0.25, 0.3) is 11.3 Å². The van der Waals surface area contributed by atoms with E-state index in [2.05, 4.69) is 25.6 Å². The van der Waals surface area contributed by atoms with Crippen LogP contribution in [0, 0.1) is 11.7 Å². The number of hydrogen-bond acceptors (Lipinski definition) is 7. The molecule has 0 saturated heterocycles. The van der Waals surface area contributed by atoms with Gasteiger partial charge in [0, 0.05) is 30.9 Å². The summed E-state index contributed by atoms with van der Waals surface area (Å²) in [6.07, 6.45) is 2.84.